The summed E-state index contributed by atoms with van der Waals surface area (Å²) in [5.74, 6) is -4.94. The van der Waals surface area contributed by atoms with Crippen LogP contribution < -0.4 is 48.7 Å². The number of para-hydroxylation sites is 1. The van der Waals surface area contributed by atoms with Gasteiger partial charge < -0.3 is 53.7 Å². The highest BCUT2D eigenvalue weighted by Crippen LogP contribution is 2.20. The number of hydrogen-bond donors (Lipinski definition) is 10. The number of carbonyl (C=O) groups excluding carboxylic acids is 7. The fourth-order valence-corrected chi connectivity index (χ4v) is 6.99. The van der Waals surface area contributed by atoms with Crippen molar-refractivity contribution in [1.29, 1.82) is 0 Å². The predicted octanol–water partition coefficient (Wildman–Crippen LogP) is -0.776. The summed E-state index contributed by atoms with van der Waals surface area (Å²) in [6.07, 6.45) is 5.45. The minimum absolute atomic E-state index is 0.0135. The Balaban J connectivity index is 1.52. The summed E-state index contributed by atoms with van der Waals surface area (Å²) in [6, 6.07) is 9.33. The largest absolute Gasteiger partial charge is 0.370 e. The molecule has 0 radical (unpaired) electrons. The third-order valence-electron chi connectivity index (χ3n) is 10.1. The fourth-order valence-electron chi connectivity index (χ4n) is 6.99. The van der Waals surface area contributed by atoms with E-state index in [1.807, 2.05) is 24.3 Å². The lowest BCUT2D eigenvalue weighted by atomic mass is 10.0. The van der Waals surface area contributed by atoms with Crippen LogP contribution in [0.3, 0.4) is 0 Å². The van der Waals surface area contributed by atoms with E-state index in [1.165, 1.54) is 6.92 Å². The van der Waals surface area contributed by atoms with Crippen LogP contribution in [-0.4, -0.2) is 108 Å². The Morgan fingerprint density at radius 2 is 1.41 bits per heavy atom. The van der Waals surface area contributed by atoms with Crippen LogP contribution in [0.25, 0.3) is 10.9 Å². The van der Waals surface area contributed by atoms with Crippen molar-refractivity contribution in [2.75, 3.05) is 13.1 Å². The van der Waals surface area contributed by atoms with Gasteiger partial charge in [-0.25, -0.2) is 0 Å². The third kappa shape index (κ3) is 13.8. The van der Waals surface area contributed by atoms with Gasteiger partial charge in [-0.1, -0.05) is 54.6 Å². The quantitative estimate of drug-likeness (QED) is 0.0658. The van der Waals surface area contributed by atoms with Gasteiger partial charge in [0.2, 0.25) is 41.4 Å². The van der Waals surface area contributed by atoms with Gasteiger partial charge in [-0.3, -0.25) is 43.5 Å². The van der Waals surface area contributed by atoms with E-state index in [0.29, 0.717) is 17.7 Å². The summed E-state index contributed by atoms with van der Waals surface area (Å²) in [5.41, 5.74) is 13.8. The van der Waals surface area contributed by atoms with Gasteiger partial charge in [-0.05, 0) is 37.0 Å². The number of nitrogens with one attached hydrogen (secondary N) is 8. The Kier molecular flexibility index (Phi) is 16.1. The molecule has 19 nitrogen and oxygen atoms in total. The average Bonchev–Trinajstić information content (AvgIpc) is 3.90. The zero-order valence-electron chi connectivity index (χ0n) is 34.2. The number of allylic oxidation sites excluding steroid dienone is 1. The van der Waals surface area contributed by atoms with Crippen molar-refractivity contribution in [3.05, 3.63) is 83.7 Å². The average molecular weight is 839 g/mol. The Hall–Kier alpha value is -7.05. The molecule has 0 spiro atoms. The highest BCUT2D eigenvalue weighted by atomic mass is 16.2. The maximum atomic E-state index is 14.4. The number of carbonyl (C=O) groups is 7. The first-order valence-corrected chi connectivity index (χ1v) is 20.2. The van der Waals surface area contributed by atoms with Crippen molar-refractivity contribution in [1.82, 2.24) is 42.2 Å². The minimum Gasteiger partial charge on any atom is -0.370 e. The van der Waals surface area contributed by atoms with Crippen LogP contribution in [0.2, 0.25) is 0 Å². The molecule has 1 saturated heterocycles. The van der Waals surface area contributed by atoms with Crippen molar-refractivity contribution >= 4 is 64.4 Å². The normalized spacial score (nSPS) is 23.3. The molecule has 324 valence electrons. The van der Waals surface area contributed by atoms with E-state index in [0.717, 1.165) is 16.5 Å². The second-order valence-electron chi connectivity index (χ2n) is 15.1. The van der Waals surface area contributed by atoms with E-state index >= 15 is 0 Å². The van der Waals surface area contributed by atoms with Crippen LogP contribution in [0.5, 0.6) is 0 Å². The lowest BCUT2D eigenvalue weighted by Crippen LogP contribution is -2.60. The number of guanidine groups is 1. The minimum atomic E-state index is -1.39. The number of aromatic nitrogens is 1. The summed E-state index contributed by atoms with van der Waals surface area (Å²) in [4.78, 5) is 108. The number of nitrogens with zero attached hydrogens (tertiary/aromatic N) is 2. The van der Waals surface area contributed by atoms with Gasteiger partial charge in [0.05, 0.1) is 6.42 Å². The van der Waals surface area contributed by atoms with Gasteiger partial charge in [-0.2, -0.15) is 0 Å². The van der Waals surface area contributed by atoms with Gasteiger partial charge in [0.1, 0.15) is 30.2 Å². The molecule has 1 fully saturated rings. The molecule has 61 heavy (non-hydrogen) atoms. The SMILES string of the molecule is CC(=O)N[C@H]1CC(=O)NC[C@@H](C)NC(=O)[C@H](Cc2c[nH]c3ccccc23)NC(=O)[C@H](CCCN=C(N)N)NC(=O)[C@@H](Cc2ccccc2)NC(=O)[C@H](CC2=CCC=N2)NC1=O. The van der Waals surface area contributed by atoms with Crippen LogP contribution in [-0.2, 0) is 46.4 Å². The molecule has 0 aliphatic carbocycles. The third-order valence-corrected chi connectivity index (χ3v) is 10.1. The number of aromatic amines is 1. The molecule has 0 bridgehead atoms. The van der Waals surface area contributed by atoms with Crippen molar-refractivity contribution < 1.29 is 33.6 Å². The number of hydrogen-bond acceptors (Lipinski definition) is 9. The number of aliphatic imine (C=N–C) groups is 2. The van der Waals surface area contributed by atoms with E-state index in [-0.39, 0.29) is 51.2 Å². The molecule has 2 aliphatic heterocycles. The molecule has 19 heteroatoms. The molecule has 0 saturated carbocycles. The maximum Gasteiger partial charge on any atom is 0.243 e. The molecule has 5 rings (SSSR count). The van der Waals surface area contributed by atoms with Crippen LogP contribution in [0.1, 0.15) is 57.1 Å². The van der Waals surface area contributed by atoms with E-state index in [2.05, 4.69) is 52.2 Å². The molecule has 2 aromatic carbocycles. The highest BCUT2D eigenvalue weighted by molar-refractivity contribution is 5.98. The smallest absolute Gasteiger partial charge is 0.243 e. The molecule has 1 aromatic heterocycles. The van der Waals surface area contributed by atoms with Gasteiger partial charge in [-0.15, -0.1) is 0 Å². The number of H-pyrrole nitrogens is 1. The Morgan fingerprint density at radius 1 is 0.787 bits per heavy atom. The molecule has 12 N–H and O–H groups in total. The zero-order valence-corrected chi connectivity index (χ0v) is 34.2. The van der Waals surface area contributed by atoms with Crippen molar-refractivity contribution in [3.8, 4) is 0 Å². The number of fused-ring (bicyclic) bond motifs is 1. The summed E-state index contributed by atoms with van der Waals surface area (Å²) >= 11 is 0. The second-order valence-corrected chi connectivity index (χ2v) is 15.1. The number of amides is 7. The molecule has 6 atom stereocenters. The van der Waals surface area contributed by atoms with Gasteiger partial charge in [0.25, 0.3) is 0 Å². The molecule has 3 aromatic rings. The lowest BCUT2D eigenvalue weighted by Gasteiger charge is -2.28. The van der Waals surface area contributed by atoms with Crippen LogP contribution >= 0.6 is 0 Å². The summed E-state index contributed by atoms with van der Waals surface area (Å²) in [7, 11) is 0. The van der Waals surface area contributed by atoms with E-state index in [9.17, 15) is 33.6 Å². The molecule has 7 amide bonds. The number of nitrogens with two attached hydrogens (primary N) is 2. The number of rotatable bonds is 11. The summed E-state index contributed by atoms with van der Waals surface area (Å²) < 4.78 is 0. The van der Waals surface area contributed by atoms with Crippen molar-refractivity contribution in [3.63, 3.8) is 0 Å². The second kappa shape index (κ2) is 21.8. The first-order valence-electron chi connectivity index (χ1n) is 20.2. The van der Waals surface area contributed by atoms with Gasteiger partial charge in [0.15, 0.2) is 5.96 Å². The molecule has 0 unspecified atom stereocenters. The van der Waals surface area contributed by atoms with Crippen molar-refractivity contribution in [2.24, 2.45) is 21.5 Å². The van der Waals surface area contributed by atoms with Crippen LogP contribution in [0.4, 0.5) is 0 Å². The summed E-state index contributed by atoms with van der Waals surface area (Å²) in [6.45, 7) is 2.90. The van der Waals surface area contributed by atoms with E-state index in [1.54, 1.807) is 55.7 Å². The first kappa shape index (κ1) is 45.0. The van der Waals surface area contributed by atoms with Crippen LogP contribution in [0, 0.1) is 0 Å². The predicted molar refractivity (Wildman–Crippen MR) is 228 cm³/mol. The molecular weight excluding hydrogens is 785 g/mol. The van der Waals surface area contributed by atoms with Gasteiger partial charge in [0, 0.05) is 80.7 Å². The maximum absolute atomic E-state index is 14.4. The highest BCUT2D eigenvalue weighted by Gasteiger charge is 2.34. The molecule has 2 aliphatic rings. The molecular formula is C42H54N12O7. The topological polar surface area (TPSA) is 296 Å². The Labute approximate surface area is 352 Å². The standard InChI is InChI=1S/C42H54N12O7/c1-24-22-48-36(56)21-35(50-25(2)55)41(61)54-34(20-28-12-8-16-45-28)40(60)52-32(18-26-10-4-3-5-11-26)39(59)51-31(15-9-17-46-42(43)44)37(57)53-33(38(58)49-24)19-27-23-47-30-14-7-6-13-29(27)30/h3-7,10-14,16,23-24,31-35,47H,8-9,15,17-22H2,1-2H3,(H,48,56)(H,49,58)(H,50,55)(H,51,59)(H,52,60)(H,53,57)(H,54,61)(H4,43,44,46)/t24-,31+,32-,33+,34+,35+/m1/s1. The molecule has 3 heterocycles. The van der Waals surface area contributed by atoms with E-state index in [4.69, 9.17) is 11.5 Å². The summed E-state index contributed by atoms with van der Waals surface area (Å²) in [5, 5.41) is 19.9. The Morgan fingerprint density at radius 3 is 2.10 bits per heavy atom. The lowest BCUT2D eigenvalue weighted by molar-refractivity contribution is -0.135. The zero-order chi connectivity index (χ0) is 43.9. The van der Waals surface area contributed by atoms with Crippen LogP contribution in [0.15, 0.2) is 82.6 Å². The number of benzene rings is 2. The van der Waals surface area contributed by atoms with Crippen molar-refractivity contribution in [2.45, 2.75) is 95.0 Å². The monoisotopic (exact) mass is 838 g/mol. The van der Waals surface area contributed by atoms with Gasteiger partial charge >= 0.3 is 0 Å². The first-order chi connectivity index (χ1) is 29.2. The van der Waals surface area contributed by atoms with E-state index < -0.39 is 84.0 Å². The Bertz CT molecular complexity index is 2160. The fraction of sp³-hybridized carbons (Fsp3) is 0.405.